The van der Waals surface area contributed by atoms with Crippen LogP contribution in [0.3, 0.4) is 0 Å². The molecule has 0 fully saturated rings. The van der Waals surface area contributed by atoms with Gasteiger partial charge in [0.05, 0.1) is 18.4 Å². The monoisotopic (exact) mass is 389 g/mol. The number of rotatable bonds is 8. The molecule has 1 aromatic heterocycles. The third-order valence-corrected chi connectivity index (χ3v) is 4.74. The van der Waals surface area contributed by atoms with Gasteiger partial charge in [0.2, 0.25) is 0 Å². The smallest absolute Gasteiger partial charge is 0.256 e. The molecule has 1 amide bonds. The van der Waals surface area contributed by atoms with Crippen molar-refractivity contribution in [1.82, 2.24) is 9.88 Å². The van der Waals surface area contributed by atoms with Gasteiger partial charge in [-0.25, -0.2) is 0 Å². The summed E-state index contributed by atoms with van der Waals surface area (Å²) in [6.07, 6.45) is 3.35. The molecule has 3 aromatic rings. The van der Waals surface area contributed by atoms with Gasteiger partial charge in [-0.05, 0) is 31.5 Å². The Balaban J connectivity index is 1.73. The molecule has 0 radical (unpaired) electrons. The van der Waals surface area contributed by atoms with Crippen molar-refractivity contribution in [3.63, 3.8) is 0 Å². The van der Waals surface area contributed by atoms with E-state index in [0.29, 0.717) is 18.7 Å². The summed E-state index contributed by atoms with van der Waals surface area (Å²) >= 11 is 0. The van der Waals surface area contributed by atoms with Gasteiger partial charge in [0.25, 0.3) is 5.91 Å². The van der Waals surface area contributed by atoms with Crippen molar-refractivity contribution in [2.45, 2.75) is 33.0 Å². The van der Waals surface area contributed by atoms with Crippen molar-refractivity contribution in [2.75, 3.05) is 12.4 Å². The molecule has 3 rings (SSSR count). The van der Waals surface area contributed by atoms with E-state index in [1.165, 1.54) is 0 Å². The number of hydrogen-bond donors (Lipinski definition) is 1. The number of para-hydroxylation sites is 1. The number of aromatic nitrogens is 1. The van der Waals surface area contributed by atoms with Gasteiger partial charge in [-0.2, -0.15) is 0 Å². The number of pyridine rings is 1. The van der Waals surface area contributed by atoms with E-state index >= 15 is 0 Å². The second-order valence-corrected chi connectivity index (χ2v) is 7.14. The first-order chi connectivity index (χ1) is 14.1. The van der Waals surface area contributed by atoms with Gasteiger partial charge in [-0.1, -0.05) is 48.5 Å². The average molecular weight is 389 g/mol. The number of nitrogens with zero attached hydrogens (tertiary/aromatic N) is 2. The van der Waals surface area contributed by atoms with E-state index in [2.05, 4.69) is 10.3 Å². The lowest BCUT2D eigenvalue weighted by atomic mass is 10.1. The molecular formula is C24H27N3O2. The zero-order valence-corrected chi connectivity index (χ0v) is 17.1. The highest BCUT2D eigenvalue weighted by atomic mass is 16.5. The molecule has 0 saturated heterocycles. The molecule has 0 bridgehead atoms. The molecule has 0 aliphatic carbocycles. The fraction of sp³-hybridized carbons (Fsp3) is 0.250. The molecule has 29 heavy (non-hydrogen) atoms. The molecule has 0 atom stereocenters. The lowest BCUT2D eigenvalue weighted by Crippen LogP contribution is -2.36. The minimum Gasteiger partial charge on any atom is -0.496 e. The second kappa shape index (κ2) is 9.73. The van der Waals surface area contributed by atoms with Gasteiger partial charge in [-0.3, -0.25) is 9.78 Å². The summed E-state index contributed by atoms with van der Waals surface area (Å²) in [5, 5.41) is 3.34. The summed E-state index contributed by atoms with van der Waals surface area (Å²) in [5.74, 6) is 0.798. The van der Waals surface area contributed by atoms with Crippen LogP contribution in [-0.4, -0.2) is 28.9 Å². The summed E-state index contributed by atoms with van der Waals surface area (Å²) < 4.78 is 5.39. The first-order valence-electron chi connectivity index (χ1n) is 9.74. The molecule has 150 valence electrons. The molecular weight excluding hydrogens is 362 g/mol. The Morgan fingerprint density at radius 2 is 1.79 bits per heavy atom. The Labute approximate surface area is 172 Å². The second-order valence-electron chi connectivity index (χ2n) is 7.14. The number of nitrogens with one attached hydrogen (secondary N) is 1. The normalized spacial score (nSPS) is 10.6. The first-order valence-corrected chi connectivity index (χ1v) is 9.74. The van der Waals surface area contributed by atoms with Gasteiger partial charge >= 0.3 is 0 Å². The summed E-state index contributed by atoms with van der Waals surface area (Å²) in [7, 11) is 1.66. The van der Waals surface area contributed by atoms with Gasteiger partial charge in [0.15, 0.2) is 0 Å². The number of hydrogen-bond acceptors (Lipinski definition) is 4. The Morgan fingerprint density at radius 3 is 2.52 bits per heavy atom. The highest BCUT2D eigenvalue weighted by molar-refractivity contribution is 5.95. The van der Waals surface area contributed by atoms with E-state index in [1.54, 1.807) is 19.5 Å². The van der Waals surface area contributed by atoms with Crippen LogP contribution in [0.4, 0.5) is 5.69 Å². The van der Waals surface area contributed by atoms with Crippen LogP contribution in [0.2, 0.25) is 0 Å². The van der Waals surface area contributed by atoms with Crippen LogP contribution in [0.5, 0.6) is 5.75 Å². The van der Waals surface area contributed by atoms with Crippen LogP contribution in [0.25, 0.3) is 0 Å². The summed E-state index contributed by atoms with van der Waals surface area (Å²) in [5.41, 5.74) is 3.51. The molecule has 5 heteroatoms. The summed E-state index contributed by atoms with van der Waals surface area (Å²) in [4.78, 5) is 19.3. The third kappa shape index (κ3) is 5.35. The highest BCUT2D eigenvalue weighted by Gasteiger charge is 2.19. The molecule has 0 saturated carbocycles. The maximum atomic E-state index is 13.2. The maximum Gasteiger partial charge on any atom is 0.256 e. The van der Waals surface area contributed by atoms with E-state index in [9.17, 15) is 4.79 Å². The molecule has 1 heterocycles. The lowest BCUT2D eigenvalue weighted by Gasteiger charge is -2.27. The van der Waals surface area contributed by atoms with Gasteiger partial charge in [0, 0.05) is 37.1 Å². The number of amides is 1. The average Bonchev–Trinajstić information content (AvgIpc) is 2.76. The standard InChI is InChI=1S/C24H27N3O2/c1-18(2)27(17-19-9-5-4-6-10-19)24(28)21-13-22(16-25-14-21)26-15-20-11-7-8-12-23(20)29-3/h4-14,16,18,26H,15,17H2,1-3H3. The Morgan fingerprint density at radius 1 is 1.07 bits per heavy atom. The fourth-order valence-corrected chi connectivity index (χ4v) is 3.13. The fourth-order valence-electron chi connectivity index (χ4n) is 3.13. The van der Waals surface area contributed by atoms with Crippen molar-refractivity contribution in [2.24, 2.45) is 0 Å². The number of anilines is 1. The molecule has 2 aromatic carbocycles. The van der Waals surface area contributed by atoms with Crippen molar-refractivity contribution < 1.29 is 9.53 Å². The van der Waals surface area contributed by atoms with Crippen LogP contribution >= 0.6 is 0 Å². The van der Waals surface area contributed by atoms with E-state index in [1.807, 2.05) is 79.4 Å². The lowest BCUT2D eigenvalue weighted by molar-refractivity contribution is 0.0690. The summed E-state index contributed by atoms with van der Waals surface area (Å²) in [6, 6.07) is 19.8. The third-order valence-electron chi connectivity index (χ3n) is 4.74. The van der Waals surface area contributed by atoms with E-state index in [4.69, 9.17) is 4.74 Å². The largest absolute Gasteiger partial charge is 0.496 e. The number of carbonyl (C=O) groups excluding carboxylic acids is 1. The SMILES string of the molecule is COc1ccccc1CNc1cncc(C(=O)N(Cc2ccccc2)C(C)C)c1. The Bertz CT molecular complexity index is 942. The molecule has 0 unspecified atom stereocenters. The van der Waals surface area contributed by atoms with Crippen molar-refractivity contribution >= 4 is 11.6 Å². The minimum absolute atomic E-state index is 0.0303. The predicted molar refractivity (Wildman–Crippen MR) is 116 cm³/mol. The van der Waals surface area contributed by atoms with E-state index in [-0.39, 0.29) is 11.9 Å². The van der Waals surface area contributed by atoms with Crippen LogP contribution in [0.1, 0.15) is 35.3 Å². The Kier molecular flexibility index (Phi) is 6.85. The van der Waals surface area contributed by atoms with Crippen molar-refractivity contribution in [3.05, 3.63) is 89.7 Å². The summed E-state index contributed by atoms with van der Waals surface area (Å²) in [6.45, 7) is 5.20. The quantitative estimate of drug-likeness (QED) is 0.604. The zero-order valence-electron chi connectivity index (χ0n) is 17.1. The van der Waals surface area contributed by atoms with Crippen LogP contribution in [-0.2, 0) is 13.1 Å². The molecule has 1 N–H and O–H groups in total. The number of methoxy groups -OCH3 is 1. The molecule has 0 aliphatic heterocycles. The minimum atomic E-state index is -0.0303. The zero-order chi connectivity index (χ0) is 20.6. The van der Waals surface area contributed by atoms with E-state index in [0.717, 1.165) is 22.6 Å². The van der Waals surface area contributed by atoms with E-state index < -0.39 is 0 Å². The maximum absolute atomic E-state index is 13.2. The number of carbonyl (C=O) groups is 1. The highest BCUT2D eigenvalue weighted by Crippen LogP contribution is 2.20. The van der Waals surface area contributed by atoms with Crippen molar-refractivity contribution in [1.29, 1.82) is 0 Å². The first kappa shape index (κ1) is 20.4. The van der Waals surface area contributed by atoms with Crippen molar-refractivity contribution in [3.8, 4) is 5.75 Å². The van der Waals surface area contributed by atoms with Gasteiger partial charge in [0.1, 0.15) is 5.75 Å². The predicted octanol–water partition coefficient (Wildman–Crippen LogP) is 4.75. The topological polar surface area (TPSA) is 54.5 Å². The molecule has 0 aliphatic rings. The Hall–Kier alpha value is -3.34. The number of benzene rings is 2. The molecule has 5 nitrogen and oxygen atoms in total. The van der Waals surface area contributed by atoms with Crippen LogP contribution in [0, 0.1) is 0 Å². The van der Waals surface area contributed by atoms with Gasteiger partial charge < -0.3 is 15.0 Å². The van der Waals surface area contributed by atoms with Crippen LogP contribution in [0.15, 0.2) is 73.1 Å². The van der Waals surface area contributed by atoms with Gasteiger partial charge in [-0.15, -0.1) is 0 Å². The number of ether oxygens (including phenoxy) is 1. The van der Waals surface area contributed by atoms with Crippen LogP contribution < -0.4 is 10.1 Å². The molecule has 0 spiro atoms.